The number of hydrogen-bond donors (Lipinski definition) is 2. The average molecular weight is 606 g/mol. The van der Waals surface area contributed by atoms with Gasteiger partial charge in [-0.15, -0.1) is 0 Å². The van der Waals surface area contributed by atoms with Crippen molar-refractivity contribution in [2.75, 3.05) is 25.0 Å². The first kappa shape index (κ1) is 27.9. The number of carbonyl (C=O) groups is 1. The Balaban J connectivity index is 1.15. The monoisotopic (exact) mass is 605 g/mol. The number of amides is 1. The summed E-state index contributed by atoms with van der Waals surface area (Å²) in [6.07, 6.45) is 11.3. The van der Waals surface area contributed by atoms with Crippen molar-refractivity contribution < 1.29 is 28.2 Å². The molecular formula is C29H29F2N9O4. The van der Waals surface area contributed by atoms with Crippen LogP contribution in [0.4, 0.5) is 14.5 Å². The van der Waals surface area contributed by atoms with Crippen LogP contribution in [-0.2, 0) is 13.6 Å². The van der Waals surface area contributed by atoms with E-state index >= 15 is 0 Å². The van der Waals surface area contributed by atoms with Crippen molar-refractivity contribution in [1.82, 2.24) is 39.1 Å². The van der Waals surface area contributed by atoms with Crippen molar-refractivity contribution in [3.63, 3.8) is 0 Å². The second kappa shape index (κ2) is 11.0. The summed E-state index contributed by atoms with van der Waals surface area (Å²) >= 11 is 0. The van der Waals surface area contributed by atoms with E-state index < -0.39 is 18.1 Å². The van der Waals surface area contributed by atoms with Crippen LogP contribution in [0.3, 0.4) is 0 Å². The van der Waals surface area contributed by atoms with Gasteiger partial charge in [0.25, 0.3) is 5.91 Å². The molecule has 4 aromatic heterocycles. The van der Waals surface area contributed by atoms with Gasteiger partial charge in [0.1, 0.15) is 22.8 Å². The van der Waals surface area contributed by atoms with Crippen molar-refractivity contribution in [2.24, 2.45) is 13.0 Å². The lowest BCUT2D eigenvalue weighted by atomic mass is 9.75. The quantitative estimate of drug-likeness (QED) is 0.259. The lowest BCUT2D eigenvalue weighted by molar-refractivity contribution is -0.122. The first-order valence-electron chi connectivity index (χ1n) is 14.1. The Bertz CT molecular complexity index is 1830. The highest BCUT2D eigenvalue weighted by Gasteiger charge is 2.45. The number of piperidine rings is 3. The van der Waals surface area contributed by atoms with E-state index in [-0.39, 0.29) is 34.2 Å². The highest BCUT2D eigenvalue weighted by Crippen LogP contribution is 2.39. The van der Waals surface area contributed by atoms with E-state index in [4.69, 9.17) is 9.47 Å². The summed E-state index contributed by atoms with van der Waals surface area (Å²) in [6, 6.07) is 6.04. The smallest absolute Gasteiger partial charge is 0.387 e. The molecule has 3 fully saturated rings. The molecule has 0 radical (unpaired) electrons. The van der Waals surface area contributed by atoms with E-state index in [9.17, 15) is 18.7 Å². The van der Waals surface area contributed by atoms with Crippen LogP contribution in [0.15, 0.2) is 61.4 Å². The molecule has 8 rings (SSSR count). The number of nitrogens with one attached hydrogen (secondary N) is 1. The third-order valence-electron chi connectivity index (χ3n) is 8.15. The van der Waals surface area contributed by atoms with Gasteiger partial charge in [-0.25, -0.2) is 9.50 Å². The highest BCUT2D eigenvalue weighted by atomic mass is 19.3. The van der Waals surface area contributed by atoms with Gasteiger partial charge in [-0.2, -0.15) is 24.1 Å². The lowest BCUT2D eigenvalue weighted by Gasteiger charge is -2.50. The van der Waals surface area contributed by atoms with Crippen molar-refractivity contribution in [2.45, 2.75) is 31.6 Å². The number of aromatic nitrogens is 7. The van der Waals surface area contributed by atoms with Gasteiger partial charge in [0.2, 0.25) is 0 Å². The zero-order chi connectivity index (χ0) is 30.4. The van der Waals surface area contributed by atoms with Gasteiger partial charge in [0, 0.05) is 32.2 Å². The molecule has 0 aliphatic carbocycles. The van der Waals surface area contributed by atoms with Crippen molar-refractivity contribution in [1.29, 1.82) is 0 Å². The Hall–Kier alpha value is -4.89. The minimum absolute atomic E-state index is 0.153. The Kier molecular flexibility index (Phi) is 6.97. The molecule has 228 valence electrons. The maximum atomic E-state index is 13.4. The van der Waals surface area contributed by atoms with Gasteiger partial charge in [-0.05, 0) is 56.1 Å². The fraction of sp³-hybridized carbons (Fsp3) is 0.345. The third-order valence-corrected chi connectivity index (χ3v) is 8.15. The van der Waals surface area contributed by atoms with E-state index in [0.29, 0.717) is 30.2 Å². The molecule has 13 nitrogen and oxygen atoms in total. The lowest BCUT2D eigenvalue weighted by Crippen LogP contribution is -2.60. The summed E-state index contributed by atoms with van der Waals surface area (Å²) in [5.41, 5.74) is 0.329. The van der Waals surface area contributed by atoms with Gasteiger partial charge >= 0.3 is 6.61 Å². The van der Waals surface area contributed by atoms with Gasteiger partial charge < -0.3 is 24.8 Å². The van der Waals surface area contributed by atoms with E-state index in [1.165, 1.54) is 39.8 Å². The molecule has 15 heteroatoms. The van der Waals surface area contributed by atoms with E-state index in [2.05, 4.69) is 30.5 Å². The highest BCUT2D eigenvalue weighted by molar-refractivity contribution is 6.09. The molecule has 1 amide bonds. The predicted octanol–water partition coefficient (Wildman–Crippen LogP) is 3.43. The number of carbonyl (C=O) groups excluding carboxylic acids is 1. The maximum Gasteiger partial charge on any atom is 0.387 e. The van der Waals surface area contributed by atoms with Gasteiger partial charge in [-0.1, -0.05) is 0 Å². The van der Waals surface area contributed by atoms with Crippen molar-refractivity contribution in [3.8, 4) is 28.5 Å². The SMILES string of the molecule is Cn1cc(NC(=O)c2cnn3cccnc23)c(-c2cc(Oc3cnn(CC4(O)CN5CCC4CC5)c3)ccc2OC(F)F)n1. The molecular weight excluding hydrogens is 576 g/mol. The van der Waals surface area contributed by atoms with Crippen LogP contribution in [0.25, 0.3) is 16.9 Å². The number of halogens is 2. The number of rotatable bonds is 9. The first-order chi connectivity index (χ1) is 21.2. The normalized spacial score (nSPS) is 21.2. The van der Waals surface area contributed by atoms with Crippen LogP contribution >= 0.6 is 0 Å². The number of nitrogens with zero attached hydrogens (tertiary/aromatic N) is 8. The number of ether oxygens (including phenoxy) is 2. The summed E-state index contributed by atoms with van der Waals surface area (Å²) in [5, 5.41) is 27.1. The standard InChI is InChI=1S/C29H29F2N9O4/c1-37-15-23(35-27(41)22-13-34-40-8-2-7-32-26(22)40)25(36-37)21-11-19(3-4-24(21)44-28(30)31)43-20-12-33-39(14-20)17-29(42)16-38-9-5-18(29)6-10-38/h2-4,7-8,11-15,18,28,42H,5-6,9-10,16-17H2,1H3,(H,35,41). The second-order valence-electron chi connectivity index (χ2n) is 11.1. The van der Waals surface area contributed by atoms with Crippen LogP contribution in [0.5, 0.6) is 17.2 Å². The number of anilines is 1. The first-order valence-corrected chi connectivity index (χ1v) is 14.1. The van der Waals surface area contributed by atoms with Crippen molar-refractivity contribution >= 4 is 17.2 Å². The summed E-state index contributed by atoms with van der Waals surface area (Å²) in [6.45, 7) is -0.133. The minimum atomic E-state index is -3.09. The molecule has 3 aliphatic heterocycles. The molecule has 5 aromatic rings. The number of aliphatic hydroxyl groups is 1. The molecule has 2 bridgehead atoms. The van der Waals surface area contributed by atoms with Crippen LogP contribution < -0.4 is 14.8 Å². The van der Waals surface area contributed by atoms with Crippen LogP contribution in [0.1, 0.15) is 23.2 Å². The van der Waals surface area contributed by atoms with Crippen LogP contribution in [0.2, 0.25) is 0 Å². The Morgan fingerprint density at radius 1 is 1.18 bits per heavy atom. The molecule has 2 N–H and O–H groups in total. The molecule has 0 saturated carbocycles. The fourth-order valence-corrected chi connectivity index (χ4v) is 6.14. The van der Waals surface area contributed by atoms with Gasteiger partial charge in [0.15, 0.2) is 11.4 Å². The molecule has 44 heavy (non-hydrogen) atoms. The van der Waals surface area contributed by atoms with Crippen LogP contribution in [-0.4, -0.2) is 81.9 Å². The summed E-state index contributed by atoms with van der Waals surface area (Å²) in [4.78, 5) is 19.7. The number of alkyl halides is 2. The predicted molar refractivity (Wildman–Crippen MR) is 153 cm³/mol. The second-order valence-corrected chi connectivity index (χ2v) is 11.1. The maximum absolute atomic E-state index is 13.4. The third kappa shape index (κ3) is 5.35. The number of fused-ring (bicyclic) bond motifs is 4. The molecule has 7 heterocycles. The molecule has 3 saturated heterocycles. The largest absolute Gasteiger partial charge is 0.454 e. The number of aryl methyl sites for hydroxylation is 1. The number of benzene rings is 1. The Morgan fingerprint density at radius 3 is 2.80 bits per heavy atom. The molecule has 1 atom stereocenters. The Morgan fingerprint density at radius 2 is 2.02 bits per heavy atom. The fourth-order valence-electron chi connectivity index (χ4n) is 6.14. The molecule has 3 aliphatic rings. The number of hydrogen-bond acceptors (Lipinski definition) is 9. The van der Waals surface area contributed by atoms with E-state index in [1.54, 1.807) is 42.6 Å². The average Bonchev–Trinajstić information content (AvgIpc) is 3.72. The van der Waals surface area contributed by atoms with Gasteiger partial charge in [0.05, 0.1) is 42.0 Å². The minimum Gasteiger partial charge on any atom is -0.454 e. The molecule has 1 unspecified atom stereocenters. The summed E-state index contributed by atoms with van der Waals surface area (Å²) < 4.78 is 42.2. The molecule has 0 spiro atoms. The zero-order valence-corrected chi connectivity index (χ0v) is 23.7. The van der Waals surface area contributed by atoms with E-state index in [0.717, 1.165) is 25.9 Å². The van der Waals surface area contributed by atoms with Crippen LogP contribution in [0, 0.1) is 5.92 Å². The van der Waals surface area contributed by atoms with E-state index in [1.807, 2.05) is 0 Å². The Labute approximate surface area is 249 Å². The molecule has 1 aromatic carbocycles. The zero-order valence-electron chi connectivity index (χ0n) is 23.7. The van der Waals surface area contributed by atoms with Gasteiger partial charge in [-0.3, -0.25) is 14.2 Å². The summed E-state index contributed by atoms with van der Waals surface area (Å²) in [5.74, 6) is 0.271. The summed E-state index contributed by atoms with van der Waals surface area (Å²) in [7, 11) is 1.64. The van der Waals surface area contributed by atoms with Crippen molar-refractivity contribution in [3.05, 3.63) is 67.0 Å². The topological polar surface area (TPSA) is 137 Å².